The van der Waals surface area contributed by atoms with E-state index in [1.54, 1.807) is 4.90 Å². The molecular formula is C31H38N2O3. The number of carbonyl (C=O) groups excluding carboxylic acids is 2. The van der Waals surface area contributed by atoms with Crippen LogP contribution in [-0.4, -0.2) is 35.9 Å². The van der Waals surface area contributed by atoms with Gasteiger partial charge in [-0.05, 0) is 42.0 Å². The highest BCUT2D eigenvalue weighted by Crippen LogP contribution is 2.26. The van der Waals surface area contributed by atoms with Crippen LogP contribution in [0, 0.1) is 6.92 Å². The van der Waals surface area contributed by atoms with Gasteiger partial charge in [-0.1, -0.05) is 99.1 Å². The largest absolute Gasteiger partial charge is 0.483 e. The van der Waals surface area contributed by atoms with Crippen LogP contribution in [0.3, 0.4) is 0 Å². The van der Waals surface area contributed by atoms with E-state index < -0.39 is 6.04 Å². The second kappa shape index (κ2) is 13.5. The standard InChI is InChI=1S/C31H38N2O3/c1-5-19-32-31(35)28(20-25-11-7-6-8-12-25)33(21-26-17-15-24(4)16-18-26)30(34)22-36-29-14-10-9-13-27(29)23(2)3/h6-18,23,28H,5,19-22H2,1-4H3,(H,32,35). The molecule has 2 amide bonds. The van der Waals surface area contributed by atoms with Gasteiger partial charge in [0.05, 0.1) is 0 Å². The molecule has 3 aromatic rings. The molecule has 0 radical (unpaired) electrons. The summed E-state index contributed by atoms with van der Waals surface area (Å²) in [5.74, 6) is 0.599. The van der Waals surface area contributed by atoms with E-state index in [0.29, 0.717) is 25.3 Å². The van der Waals surface area contributed by atoms with Crippen LogP contribution in [0.1, 0.15) is 55.4 Å². The second-order valence-electron chi connectivity index (χ2n) is 9.48. The van der Waals surface area contributed by atoms with Gasteiger partial charge in [0.2, 0.25) is 5.91 Å². The topological polar surface area (TPSA) is 58.6 Å². The monoisotopic (exact) mass is 486 g/mol. The van der Waals surface area contributed by atoms with Gasteiger partial charge in [0.15, 0.2) is 6.61 Å². The molecular weight excluding hydrogens is 448 g/mol. The molecule has 0 aliphatic rings. The molecule has 5 heteroatoms. The molecule has 0 heterocycles. The van der Waals surface area contributed by atoms with E-state index in [2.05, 4.69) is 19.2 Å². The number of ether oxygens (including phenoxy) is 1. The lowest BCUT2D eigenvalue weighted by molar-refractivity contribution is -0.142. The Bertz CT molecular complexity index is 1110. The van der Waals surface area contributed by atoms with Gasteiger partial charge in [0, 0.05) is 19.5 Å². The Labute approximate surface area is 215 Å². The Morgan fingerprint density at radius 3 is 2.22 bits per heavy atom. The van der Waals surface area contributed by atoms with Crippen LogP contribution in [0.15, 0.2) is 78.9 Å². The molecule has 1 atom stereocenters. The number of hydrogen-bond donors (Lipinski definition) is 1. The van der Waals surface area contributed by atoms with Crippen LogP contribution in [-0.2, 0) is 22.6 Å². The summed E-state index contributed by atoms with van der Waals surface area (Å²) in [4.78, 5) is 28.7. The number of nitrogens with one attached hydrogen (secondary N) is 1. The Kier molecular flexibility index (Phi) is 10.1. The number of amides is 2. The SMILES string of the molecule is CCCNC(=O)C(Cc1ccccc1)N(Cc1ccc(C)cc1)C(=O)COc1ccccc1C(C)C. The first-order valence-corrected chi connectivity index (χ1v) is 12.8. The molecule has 0 aromatic heterocycles. The van der Waals surface area contributed by atoms with E-state index in [4.69, 9.17) is 4.74 Å². The maximum atomic E-state index is 13.7. The molecule has 5 nitrogen and oxygen atoms in total. The van der Waals surface area contributed by atoms with Crippen LogP contribution in [0.4, 0.5) is 0 Å². The first kappa shape index (κ1) is 27.0. The summed E-state index contributed by atoms with van der Waals surface area (Å²) in [6, 6.07) is 25.0. The average molecular weight is 487 g/mol. The molecule has 3 aromatic carbocycles. The lowest BCUT2D eigenvalue weighted by Crippen LogP contribution is -2.51. The van der Waals surface area contributed by atoms with Crippen molar-refractivity contribution < 1.29 is 14.3 Å². The molecule has 1 N–H and O–H groups in total. The molecule has 3 rings (SSSR count). The van der Waals surface area contributed by atoms with Gasteiger partial charge in [0.1, 0.15) is 11.8 Å². The van der Waals surface area contributed by atoms with Crippen molar-refractivity contribution in [2.75, 3.05) is 13.2 Å². The van der Waals surface area contributed by atoms with Crippen molar-refractivity contribution in [3.05, 3.63) is 101 Å². The predicted octanol–water partition coefficient (Wildman–Crippen LogP) is 5.66. The van der Waals surface area contributed by atoms with Gasteiger partial charge >= 0.3 is 0 Å². The van der Waals surface area contributed by atoms with E-state index in [9.17, 15) is 9.59 Å². The third kappa shape index (κ3) is 7.70. The van der Waals surface area contributed by atoms with Crippen molar-refractivity contribution in [3.8, 4) is 5.75 Å². The first-order chi connectivity index (χ1) is 17.4. The molecule has 0 aliphatic heterocycles. The van der Waals surface area contributed by atoms with Crippen LogP contribution in [0.2, 0.25) is 0 Å². The molecule has 0 bridgehead atoms. The van der Waals surface area contributed by atoms with E-state index in [1.807, 2.05) is 92.7 Å². The summed E-state index contributed by atoms with van der Waals surface area (Å²) < 4.78 is 6.04. The van der Waals surface area contributed by atoms with Crippen LogP contribution in [0.25, 0.3) is 0 Å². The zero-order valence-electron chi connectivity index (χ0n) is 21.9. The van der Waals surface area contributed by atoms with Gasteiger partial charge in [-0.15, -0.1) is 0 Å². The van der Waals surface area contributed by atoms with Crippen LogP contribution < -0.4 is 10.1 Å². The van der Waals surface area contributed by atoms with Gasteiger partial charge in [-0.25, -0.2) is 0 Å². The van der Waals surface area contributed by atoms with Gasteiger partial charge in [0.25, 0.3) is 5.91 Å². The number of benzene rings is 3. The molecule has 0 saturated carbocycles. The van der Waals surface area contributed by atoms with Crippen molar-refractivity contribution in [1.82, 2.24) is 10.2 Å². The molecule has 0 saturated heterocycles. The van der Waals surface area contributed by atoms with Crippen LogP contribution >= 0.6 is 0 Å². The lowest BCUT2D eigenvalue weighted by Gasteiger charge is -2.31. The van der Waals surface area contributed by atoms with E-state index in [0.717, 1.165) is 28.7 Å². The Balaban J connectivity index is 1.90. The Morgan fingerprint density at radius 2 is 1.56 bits per heavy atom. The highest BCUT2D eigenvalue weighted by molar-refractivity contribution is 5.88. The summed E-state index contributed by atoms with van der Waals surface area (Å²) in [7, 11) is 0. The van der Waals surface area contributed by atoms with Gasteiger partial charge in [-0.2, -0.15) is 0 Å². The predicted molar refractivity (Wildman–Crippen MR) is 145 cm³/mol. The second-order valence-corrected chi connectivity index (χ2v) is 9.48. The Hall–Kier alpha value is -3.60. The maximum absolute atomic E-state index is 13.7. The smallest absolute Gasteiger partial charge is 0.261 e. The molecule has 0 aliphatic carbocycles. The van der Waals surface area contributed by atoms with Gasteiger partial charge in [-0.3, -0.25) is 9.59 Å². The first-order valence-electron chi connectivity index (χ1n) is 12.8. The highest BCUT2D eigenvalue weighted by atomic mass is 16.5. The van der Waals surface area contributed by atoms with E-state index in [1.165, 1.54) is 0 Å². The summed E-state index contributed by atoms with van der Waals surface area (Å²) in [5, 5.41) is 3.01. The molecule has 0 spiro atoms. The van der Waals surface area contributed by atoms with Crippen molar-refractivity contribution in [2.24, 2.45) is 0 Å². The van der Waals surface area contributed by atoms with E-state index >= 15 is 0 Å². The fraction of sp³-hybridized carbons (Fsp3) is 0.355. The average Bonchev–Trinajstić information content (AvgIpc) is 2.89. The van der Waals surface area contributed by atoms with Crippen molar-refractivity contribution in [2.45, 2.75) is 59.0 Å². The molecule has 36 heavy (non-hydrogen) atoms. The Morgan fingerprint density at radius 1 is 0.889 bits per heavy atom. The zero-order chi connectivity index (χ0) is 25.9. The number of carbonyl (C=O) groups is 2. The third-order valence-corrected chi connectivity index (χ3v) is 6.19. The number of para-hydroxylation sites is 1. The lowest BCUT2D eigenvalue weighted by atomic mass is 10.0. The van der Waals surface area contributed by atoms with Gasteiger partial charge < -0.3 is 15.0 Å². The number of hydrogen-bond acceptors (Lipinski definition) is 3. The zero-order valence-corrected chi connectivity index (χ0v) is 21.9. The van der Waals surface area contributed by atoms with Crippen molar-refractivity contribution in [3.63, 3.8) is 0 Å². The summed E-state index contributed by atoms with van der Waals surface area (Å²) in [5.41, 5.74) is 4.17. The summed E-state index contributed by atoms with van der Waals surface area (Å²) >= 11 is 0. The summed E-state index contributed by atoms with van der Waals surface area (Å²) in [6.07, 6.45) is 1.25. The number of nitrogens with zero attached hydrogens (tertiary/aromatic N) is 1. The molecule has 0 fully saturated rings. The van der Waals surface area contributed by atoms with E-state index in [-0.39, 0.29) is 24.3 Å². The van der Waals surface area contributed by atoms with Crippen molar-refractivity contribution in [1.29, 1.82) is 0 Å². The fourth-order valence-electron chi connectivity index (χ4n) is 4.12. The quantitative estimate of drug-likeness (QED) is 0.359. The molecule has 1 unspecified atom stereocenters. The number of rotatable bonds is 12. The minimum Gasteiger partial charge on any atom is -0.483 e. The normalized spacial score (nSPS) is 11.7. The maximum Gasteiger partial charge on any atom is 0.261 e. The minimum atomic E-state index is -0.656. The third-order valence-electron chi connectivity index (χ3n) is 6.19. The minimum absolute atomic E-state index is 0.137. The fourth-order valence-corrected chi connectivity index (χ4v) is 4.12. The summed E-state index contributed by atoms with van der Waals surface area (Å²) in [6.45, 7) is 9.00. The van der Waals surface area contributed by atoms with Crippen molar-refractivity contribution >= 4 is 11.8 Å². The van der Waals surface area contributed by atoms with Crippen LogP contribution in [0.5, 0.6) is 5.75 Å². The highest BCUT2D eigenvalue weighted by Gasteiger charge is 2.30. The number of aryl methyl sites for hydroxylation is 1. The molecule has 190 valence electrons.